The van der Waals surface area contributed by atoms with Crippen LogP contribution in [0.1, 0.15) is 32.9 Å². The number of rotatable bonds is 9. The van der Waals surface area contributed by atoms with E-state index in [0.717, 1.165) is 62.3 Å². The molecule has 168 valence electrons. The molecule has 0 aromatic carbocycles. The molecule has 0 amide bonds. The lowest BCUT2D eigenvalue weighted by Crippen LogP contribution is -2.51. The van der Waals surface area contributed by atoms with Gasteiger partial charge in [-0.25, -0.2) is 9.98 Å². The van der Waals surface area contributed by atoms with Crippen molar-refractivity contribution in [2.45, 2.75) is 39.8 Å². The molecule has 2 aromatic rings. The maximum absolute atomic E-state index is 5.59. The van der Waals surface area contributed by atoms with Gasteiger partial charge in [0.1, 0.15) is 12.0 Å². The molecule has 1 saturated heterocycles. The van der Waals surface area contributed by atoms with Crippen molar-refractivity contribution in [3.8, 4) is 10.8 Å². The molecule has 1 aliphatic heterocycles. The molecule has 1 atom stereocenters. The summed E-state index contributed by atoms with van der Waals surface area (Å²) in [7, 11) is 0. The van der Waals surface area contributed by atoms with Gasteiger partial charge in [-0.1, -0.05) is 19.9 Å². The molecule has 9 heteroatoms. The second kappa shape index (κ2) is 13.3. The maximum Gasteiger partial charge on any atom is 0.236 e. The van der Waals surface area contributed by atoms with Crippen LogP contribution in [0.4, 0.5) is 0 Å². The first-order valence-corrected chi connectivity index (χ1v) is 11.4. The molecular formula is C21H34IN5O2S. The minimum atomic E-state index is 0. The summed E-state index contributed by atoms with van der Waals surface area (Å²) in [5.74, 6) is 2.12. The number of aromatic nitrogens is 1. The van der Waals surface area contributed by atoms with Gasteiger partial charge >= 0.3 is 0 Å². The van der Waals surface area contributed by atoms with Gasteiger partial charge in [0.25, 0.3) is 0 Å². The van der Waals surface area contributed by atoms with Crippen molar-refractivity contribution < 1.29 is 9.15 Å². The van der Waals surface area contributed by atoms with E-state index in [1.54, 1.807) is 17.6 Å². The molecule has 0 bridgehead atoms. The van der Waals surface area contributed by atoms with Crippen LogP contribution >= 0.6 is 35.3 Å². The van der Waals surface area contributed by atoms with Crippen LogP contribution in [0.15, 0.2) is 33.2 Å². The van der Waals surface area contributed by atoms with Gasteiger partial charge in [-0.05, 0) is 30.7 Å². The monoisotopic (exact) mass is 547 g/mol. The predicted molar refractivity (Wildman–Crippen MR) is 134 cm³/mol. The van der Waals surface area contributed by atoms with E-state index in [-0.39, 0.29) is 24.0 Å². The Balaban J connectivity index is 0.00000320. The van der Waals surface area contributed by atoms with Gasteiger partial charge in [0.05, 0.1) is 24.6 Å². The van der Waals surface area contributed by atoms with Gasteiger partial charge in [0, 0.05) is 32.2 Å². The molecule has 0 spiro atoms. The summed E-state index contributed by atoms with van der Waals surface area (Å²) in [6.45, 7) is 12.4. The van der Waals surface area contributed by atoms with E-state index in [1.807, 2.05) is 17.5 Å². The zero-order valence-electron chi connectivity index (χ0n) is 18.1. The molecule has 2 aromatic heterocycles. The largest absolute Gasteiger partial charge is 0.443 e. The molecular weight excluding hydrogens is 513 g/mol. The van der Waals surface area contributed by atoms with Crippen LogP contribution in [0.3, 0.4) is 0 Å². The van der Waals surface area contributed by atoms with E-state index >= 15 is 0 Å². The van der Waals surface area contributed by atoms with Crippen LogP contribution in [-0.2, 0) is 11.3 Å². The number of hydrogen-bond acceptors (Lipinski definition) is 6. The molecule has 1 unspecified atom stereocenters. The van der Waals surface area contributed by atoms with Crippen molar-refractivity contribution >= 4 is 41.3 Å². The molecule has 2 N–H and O–H groups in total. The highest BCUT2D eigenvalue weighted by Crippen LogP contribution is 2.23. The first-order valence-electron chi connectivity index (χ1n) is 10.5. The Morgan fingerprint density at radius 3 is 2.77 bits per heavy atom. The standard InChI is InChI=1S/C21H33N5O2S.HI/c1-4-22-21(23-13-17-15-28-20(25-17)19-6-5-11-29-19)24-14-18(12-16(2)3)26-7-9-27-10-8-26;/h5-6,11,15-16,18H,4,7-10,12-14H2,1-3H3,(H2,22,23,24);1H. The van der Waals surface area contributed by atoms with E-state index in [4.69, 9.17) is 14.1 Å². The SMILES string of the molecule is CCNC(=NCc1coc(-c2cccs2)n1)NCC(CC(C)C)N1CCOCC1.I. The van der Waals surface area contributed by atoms with Crippen molar-refractivity contribution in [2.75, 3.05) is 39.4 Å². The second-order valence-corrected chi connectivity index (χ2v) is 8.58. The van der Waals surface area contributed by atoms with Crippen LogP contribution in [0.25, 0.3) is 10.8 Å². The summed E-state index contributed by atoms with van der Waals surface area (Å²) in [4.78, 5) is 12.8. The van der Waals surface area contributed by atoms with Crippen molar-refractivity contribution in [1.82, 2.24) is 20.5 Å². The average Bonchev–Trinajstić information content (AvgIpc) is 3.41. The van der Waals surface area contributed by atoms with E-state index < -0.39 is 0 Å². The van der Waals surface area contributed by atoms with Gasteiger partial charge in [0.2, 0.25) is 5.89 Å². The fraction of sp³-hybridized carbons (Fsp3) is 0.619. The van der Waals surface area contributed by atoms with E-state index in [0.29, 0.717) is 24.4 Å². The second-order valence-electron chi connectivity index (χ2n) is 7.63. The zero-order valence-corrected chi connectivity index (χ0v) is 21.2. The summed E-state index contributed by atoms with van der Waals surface area (Å²) < 4.78 is 11.1. The molecule has 1 aliphatic rings. The topological polar surface area (TPSA) is 74.9 Å². The number of halogens is 1. The van der Waals surface area contributed by atoms with Gasteiger partial charge in [-0.3, -0.25) is 4.90 Å². The maximum atomic E-state index is 5.59. The third kappa shape index (κ3) is 7.82. The van der Waals surface area contributed by atoms with Crippen LogP contribution in [0.2, 0.25) is 0 Å². The Kier molecular flexibility index (Phi) is 11.1. The highest BCUT2D eigenvalue weighted by atomic mass is 127. The Hall–Kier alpha value is -1.17. The molecule has 0 saturated carbocycles. The van der Waals surface area contributed by atoms with Crippen molar-refractivity contribution in [3.05, 3.63) is 29.5 Å². The lowest BCUT2D eigenvalue weighted by Gasteiger charge is -2.35. The highest BCUT2D eigenvalue weighted by molar-refractivity contribution is 14.0. The Morgan fingerprint density at radius 1 is 1.30 bits per heavy atom. The minimum absolute atomic E-state index is 0. The number of nitrogens with one attached hydrogen (secondary N) is 2. The van der Waals surface area contributed by atoms with E-state index in [1.165, 1.54) is 0 Å². The molecule has 3 heterocycles. The highest BCUT2D eigenvalue weighted by Gasteiger charge is 2.22. The summed E-state index contributed by atoms with van der Waals surface area (Å²) in [6.07, 6.45) is 2.84. The van der Waals surface area contributed by atoms with Gasteiger partial charge in [0.15, 0.2) is 5.96 Å². The van der Waals surface area contributed by atoms with E-state index in [2.05, 4.69) is 41.3 Å². The average molecular weight is 548 g/mol. The van der Waals surface area contributed by atoms with Crippen LogP contribution in [0.5, 0.6) is 0 Å². The fourth-order valence-corrected chi connectivity index (χ4v) is 4.11. The predicted octanol–water partition coefficient (Wildman–Crippen LogP) is 3.82. The quantitative estimate of drug-likeness (QED) is 0.283. The van der Waals surface area contributed by atoms with Crippen molar-refractivity contribution in [3.63, 3.8) is 0 Å². The smallest absolute Gasteiger partial charge is 0.236 e. The first-order chi connectivity index (χ1) is 14.2. The van der Waals surface area contributed by atoms with Gasteiger partial charge in [-0.15, -0.1) is 35.3 Å². The summed E-state index contributed by atoms with van der Waals surface area (Å²) in [5.41, 5.74) is 0.831. The third-order valence-electron chi connectivity index (χ3n) is 4.84. The molecule has 1 fully saturated rings. The Labute approximate surface area is 200 Å². The summed E-state index contributed by atoms with van der Waals surface area (Å²) in [5, 5.41) is 8.89. The summed E-state index contributed by atoms with van der Waals surface area (Å²) in [6, 6.07) is 4.48. The number of nitrogens with zero attached hydrogens (tertiary/aromatic N) is 3. The third-order valence-corrected chi connectivity index (χ3v) is 5.70. The van der Waals surface area contributed by atoms with Crippen molar-refractivity contribution in [2.24, 2.45) is 10.9 Å². The van der Waals surface area contributed by atoms with Crippen LogP contribution in [0, 0.1) is 5.92 Å². The van der Waals surface area contributed by atoms with Crippen LogP contribution < -0.4 is 10.6 Å². The molecule has 0 radical (unpaired) electrons. The number of thiophene rings is 1. The number of morpholine rings is 1. The van der Waals surface area contributed by atoms with Crippen LogP contribution in [-0.4, -0.2) is 61.3 Å². The fourth-order valence-electron chi connectivity index (χ4n) is 3.46. The van der Waals surface area contributed by atoms with Gasteiger partial charge < -0.3 is 19.8 Å². The number of ether oxygens (including phenoxy) is 1. The number of hydrogen-bond donors (Lipinski definition) is 2. The molecule has 30 heavy (non-hydrogen) atoms. The number of aliphatic imine (C=N–C) groups is 1. The minimum Gasteiger partial charge on any atom is -0.443 e. The Morgan fingerprint density at radius 2 is 2.10 bits per heavy atom. The first kappa shape index (κ1) is 25.1. The zero-order chi connectivity index (χ0) is 20.5. The summed E-state index contributed by atoms with van der Waals surface area (Å²) >= 11 is 1.62. The lowest BCUT2D eigenvalue weighted by atomic mass is 10.0. The molecule has 3 rings (SSSR count). The van der Waals surface area contributed by atoms with E-state index in [9.17, 15) is 0 Å². The lowest BCUT2D eigenvalue weighted by molar-refractivity contribution is 0.0132. The molecule has 7 nitrogen and oxygen atoms in total. The van der Waals surface area contributed by atoms with Crippen molar-refractivity contribution in [1.29, 1.82) is 0 Å². The number of guanidine groups is 1. The van der Waals surface area contributed by atoms with Gasteiger partial charge in [-0.2, -0.15) is 0 Å². The Bertz CT molecular complexity index is 744. The number of oxazole rings is 1. The normalized spacial score (nSPS) is 16.3. The molecule has 0 aliphatic carbocycles.